The maximum absolute atomic E-state index is 11.9. The number of para-hydroxylation sites is 2. The molecule has 0 saturated carbocycles. The number of fused-ring (bicyclic) bond motifs is 1. The van der Waals surface area contributed by atoms with Crippen molar-refractivity contribution >= 4 is 23.0 Å². The Morgan fingerprint density at radius 2 is 1.90 bits per heavy atom. The summed E-state index contributed by atoms with van der Waals surface area (Å²) in [5, 5.41) is 0. The molecule has 1 heterocycles. The van der Waals surface area contributed by atoms with Crippen molar-refractivity contribution in [3.8, 4) is 0 Å². The molecule has 0 saturated heterocycles. The van der Waals surface area contributed by atoms with E-state index in [2.05, 4.69) is 10.4 Å². The van der Waals surface area contributed by atoms with Crippen LogP contribution >= 0.6 is 0 Å². The molecule has 4 nitrogen and oxygen atoms in total. The van der Waals surface area contributed by atoms with Gasteiger partial charge in [0.1, 0.15) is 6.33 Å². The van der Waals surface area contributed by atoms with Gasteiger partial charge >= 0.3 is 0 Å². The van der Waals surface area contributed by atoms with Crippen LogP contribution in [0, 0.1) is 6.92 Å². The number of imidazole rings is 1. The zero-order valence-corrected chi connectivity index (χ0v) is 11.7. The average molecular weight is 277 g/mol. The van der Waals surface area contributed by atoms with E-state index in [1.165, 1.54) is 11.6 Å². The molecule has 0 atom stereocenters. The quantitative estimate of drug-likeness (QED) is 0.748. The Labute approximate surface area is 122 Å². The van der Waals surface area contributed by atoms with E-state index in [9.17, 15) is 4.79 Å². The van der Waals surface area contributed by atoms with Crippen LogP contribution in [0.1, 0.15) is 11.1 Å². The molecule has 4 heteroatoms. The Morgan fingerprint density at radius 1 is 1.14 bits per heavy atom. The zero-order valence-electron chi connectivity index (χ0n) is 11.7. The van der Waals surface area contributed by atoms with Crippen LogP contribution in [-0.2, 0) is 4.79 Å². The van der Waals surface area contributed by atoms with E-state index < -0.39 is 0 Å². The number of aromatic nitrogens is 2. The van der Waals surface area contributed by atoms with Gasteiger partial charge in [-0.3, -0.25) is 10.2 Å². The predicted molar refractivity (Wildman–Crippen MR) is 84.3 cm³/mol. The topological polar surface area (TPSA) is 46.9 Å². The molecule has 0 aliphatic rings. The van der Waals surface area contributed by atoms with Crippen LogP contribution in [0.3, 0.4) is 0 Å². The maximum Gasteiger partial charge on any atom is 0.262 e. The fourth-order valence-corrected chi connectivity index (χ4v) is 2.05. The summed E-state index contributed by atoms with van der Waals surface area (Å²) in [7, 11) is 0. The number of aryl methyl sites for hydroxylation is 1. The van der Waals surface area contributed by atoms with Gasteiger partial charge in [0, 0.05) is 6.08 Å². The van der Waals surface area contributed by atoms with Gasteiger partial charge in [0.05, 0.1) is 11.0 Å². The third-order valence-corrected chi connectivity index (χ3v) is 3.19. The van der Waals surface area contributed by atoms with Crippen molar-refractivity contribution in [2.45, 2.75) is 6.92 Å². The molecule has 0 radical (unpaired) electrons. The number of hydrogen-bond donors (Lipinski definition) is 1. The minimum absolute atomic E-state index is 0.196. The maximum atomic E-state index is 11.9. The van der Waals surface area contributed by atoms with E-state index in [1.807, 2.05) is 55.5 Å². The molecule has 2 aromatic carbocycles. The average Bonchev–Trinajstić information content (AvgIpc) is 2.90. The molecule has 21 heavy (non-hydrogen) atoms. The highest BCUT2D eigenvalue weighted by Gasteiger charge is 2.02. The van der Waals surface area contributed by atoms with E-state index in [1.54, 1.807) is 17.1 Å². The van der Waals surface area contributed by atoms with Gasteiger partial charge in [0.2, 0.25) is 0 Å². The van der Waals surface area contributed by atoms with Gasteiger partial charge in [-0.05, 0) is 30.7 Å². The summed E-state index contributed by atoms with van der Waals surface area (Å²) in [4.78, 5) is 16.2. The lowest BCUT2D eigenvalue weighted by atomic mass is 10.1. The second-order valence-electron chi connectivity index (χ2n) is 4.82. The van der Waals surface area contributed by atoms with Crippen molar-refractivity contribution < 1.29 is 4.79 Å². The van der Waals surface area contributed by atoms with Crippen LogP contribution in [0.25, 0.3) is 17.1 Å². The normalized spacial score (nSPS) is 11.1. The number of nitrogens with zero attached hydrogens (tertiary/aromatic N) is 2. The highest BCUT2D eigenvalue weighted by molar-refractivity contribution is 5.98. The van der Waals surface area contributed by atoms with E-state index in [0.29, 0.717) is 0 Å². The van der Waals surface area contributed by atoms with Gasteiger partial charge in [-0.25, -0.2) is 9.66 Å². The molecular formula is C17H15N3O. The number of benzene rings is 2. The Morgan fingerprint density at radius 3 is 2.71 bits per heavy atom. The van der Waals surface area contributed by atoms with Crippen LogP contribution < -0.4 is 5.43 Å². The summed E-state index contributed by atoms with van der Waals surface area (Å²) in [6.45, 7) is 2.03. The van der Waals surface area contributed by atoms with Gasteiger partial charge in [-0.2, -0.15) is 0 Å². The molecule has 0 bridgehead atoms. The Bertz CT molecular complexity index is 800. The summed E-state index contributed by atoms with van der Waals surface area (Å²) >= 11 is 0. The number of rotatable bonds is 3. The second kappa shape index (κ2) is 5.63. The lowest BCUT2D eigenvalue weighted by Crippen LogP contribution is -2.19. The summed E-state index contributed by atoms with van der Waals surface area (Å²) in [5.74, 6) is -0.196. The highest BCUT2D eigenvalue weighted by atomic mass is 16.2. The number of amides is 1. The Hall–Kier alpha value is -2.88. The molecule has 0 unspecified atom stereocenters. The molecule has 1 aromatic heterocycles. The molecule has 104 valence electrons. The molecule has 0 aliphatic heterocycles. The van der Waals surface area contributed by atoms with E-state index in [0.717, 1.165) is 16.6 Å². The van der Waals surface area contributed by atoms with Gasteiger partial charge in [0.25, 0.3) is 5.91 Å². The predicted octanol–water partition coefficient (Wildman–Crippen LogP) is 3.13. The SMILES string of the molecule is Cc1ccc(/C=C/C(=O)Nn2cnc3ccccc32)cc1. The molecule has 0 aliphatic carbocycles. The van der Waals surface area contributed by atoms with E-state index in [-0.39, 0.29) is 5.91 Å². The second-order valence-corrected chi connectivity index (χ2v) is 4.82. The van der Waals surface area contributed by atoms with Gasteiger partial charge in [0.15, 0.2) is 0 Å². The van der Waals surface area contributed by atoms with Gasteiger partial charge in [-0.1, -0.05) is 42.0 Å². The fourth-order valence-electron chi connectivity index (χ4n) is 2.05. The third-order valence-electron chi connectivity index (χ3n) is 3.19. The number of hydrogen-bond acceptors (Lipinski definition) is 2. The van der Waals surface area contributed by atoms with Crippen LogP contribution in [0.15, 0.2) is 60.9 Å². The summed E-state index contributed by atoms with van der Waals surface area (Å²) in [6, 6.07) is 15.6. The van der Waals surface area contributed by atoms with Crippen molar-refractivity contribution in [1.29, 1.82) is 0 Å². The van der Waals surface area contributed by atoms with Crippen molar-refractivity contribution in [2.24, 2.45) is 0 Å². The largest absolute Gasteiger partial charge is 0.268 e. The first-order valence-corrected chi connectivity index (χ1v) is 6.70. The first-order valence-electron chi connectivity index (χ1n) is 6.70. The Kier molecular flexibility index (Phi) is 3.51. The minimum atomic E-state index is -0.196. The number of carbonyl (C=O) groups is 1. The Balaban J connectivity index is 1.73. The molecule has 0 fully saturated rings. The number of carbonyl (C=O) groups excluding carboxylic acids is 1. The molecule has 3 rings (SSSR count). The molecule has 1 N–H and O–H groups in total. The molecule has 1 amide bonds. The van der Waals surface area contributed by atoms with Gasteiger partial charge < -0.3 is 0 Å². The van der Waals surface area contributed by atoms with Crippen molar-refractivity contribution in [1.82, 2.24) is 9.66 Å². The first-order chi connectivity index (χ1) is 10.2. The van der Waals surface area contributed by atoms with Gasteiger partial charge in [-0.15, -0.1) is 0 Å². The summed E-state index contributed by atoms with van der Waals surface area (Å²) in [5.41, 5.74) is 6.68. The smallest absolute Gasteiger partial charge is 0.262 e. The molecular weight excluding hydrogens is 262 g/mol. The molecule has 3 aromatic rings. The van der Waals surface area contributed by atoms with Crippen LogP contribution in [-0.4, -0.2) is 15.6 Å². The van der Waals surface area contributed by atoms with Crippen LogP contribution in [0.5, 0.6) is 0 Å². The summed E-state index contributed by atoms with van der Waals surface area (Å²) < 4.78 is 1.62. The van der Waals surface area contributed by atoms with Crippen molar-refractivity contribution in [3.05, 3.63) is 72.1 Å². The van der Waals surface area contributed by atoms with E-state index in [4.69, 9.17) is 0 Å². The van der Waals surface area contributed by atoms with Crippen LogP contribution in [0.2, 0.25) is 0 Å². The van der Waals surface area contributed by atoms with E-state index >= 15 is 0 Å². The first kappa shape index (κ1) is 13.1. The molecule has 0 spiro atoms. The highest BCUT2D eigenvalue weighted by Crippen LogP contribution is 2.10. The monoisotopic (exact) mass is 277 g/mol. The fraction of sp³-hybridized carbons (Fsp3) is 0.0588. The van der Waals surface area contributed by atoms with Crippen molar-refractivity contribution in [3.63, 3.8) is 0 Å². The minimum Gasteiger partial charge on any atom is -0.268 e. The zero-order chi connectivity index (χ0) is 14.7. The van der Waals surface area contributed by atoms with Crippen molar-refractivity contribution in [2.75, 3.05) is 5.43 Å². The lowest BCUT2D eigenvalue weighted by molar-refractivity contribution is -0.112. The lowest BCUT2D eigenvalue weighted by Gasteiger charge is -2.03. The number of nitrogens with one attached hydrogen (secondary N) is 1. The summed E-state index contributed by atoms with van der Waals surface area (Å²) in [6.07, 6.45) is 4.90. The standard InChI is InChI=1S/C17H15N3O/c1-13-6-8-14(9-7-13)10-11-17(21)19-20-12-18-15-4-2-3-5-16(15)20/h2-12H,1H3,(H,19,21)/b11-10+. The van der Waals surface area contributed by atoms with Crippen LogP contribution in [0.4, 0.5) is 0 Å². The third kappa shape index (κ3) is 3.00.